The lowest BCUT2D eigenvalue weighted by Gasteiger charge is -2.48. The SMILES string of the molecule is CCC1(CCCC2(CC)COC2OC)COC1. The van der Waals surface area contributed by atoms with E-state index in [2.05, 4.69) is 13.8 Å². The first-order chi connectivity index (χ1) is 8.20. The minimum atomic E-state index is 0.0303. The van der Waals surface area contributed by atoms with Gasteiger partial charge in [-0.05, 0) is 25.7 Å². The summed E-state index contributed by atoms with van der Waals surface area (Å²) >= 11 is 0. The Morgan fingerprint density at radius 2 is 1.88 bits per heavy atom. The Kier molecular flexibility index (Phi) is 4.11. The molecule has 2 fully saturated rings. The predicted octanol–water partition coefficient (Wildman–Crippen LogP) is 2.98. The molecule has 2 rings (SSSR count). The van der Waals surface area contributed by atoms with Crippen molar-refractivity contribution < 1.29 is 14.2 Å². The lowest BCUT2D eigenvalue weighted by Crippen LogP contribution is -2.52. The van der Waals surface area contributed by atoms with Crippen LogP contribution >= 0.6 is 0 Å². The van der Waals surface area contributed by atoms with Gasteiger partial charge in [-0.1, -0.05) is 20.3 Å². The van der Waals surface area contributed by atoms with Gasteiger partial charge in [0.25, 0.3) is 0 Å². The monoisotopic (exact) mass is 242 g/mol. The van der Waals surface area contributed by atoms with Gasteiger partial charge in [-0.2, -0.15) is 0 Å². The van der Waals surface area contributed by atoms with E-state index in [4.69, 9.17) is 14.2 Å². The zero-order valence-electron chi connectivity index (χ0n) is 11.5. The molecule has 2 heterocycles. The molecule has 0 aliphatic carbocycles. The Morgan fingerprint density at radius 1 is 1.12 bits per heavy atom. The summed E-state index contributed by atoms with van der Waals surface area (Å²) in [5, 5.41) is 0. The third-order valence-corrected chi connectivity index (χ3v) is 4.89. The summed E-state index contributed by atoms with van der Waals surface area (Å²) in [5.41, 5.74) is 0.774. The van der Waals surface area contributed by atoms with Crippen LogP contribution < -0.4 is 0 Å². The second-order valence-electron chi connectivity index (χ2n) is 5.79. The molecule has 0 aromatic heterocycles. The van der Waals surface area contributed by atoms with Crippen LogP contribution in [0, 0.1) is 10.8 Å². The molecule has 3 nitrogen and oxygen atoms in total. The van der Waals surface area contributed by atoms with Gasteiger partial charge in [0.15, 0.2) is 6.29 Å². The van der Waals surface area contributed by atoms with Gasteiger partial charge in [0.2, 0.25) is 0 Å². The van der Waals surface area contributed by atoms with Crippen molar-refractivity contribution in [1.82, 2.24) is 0 Å². The fourth-order valence-electron chi connectivity index (χ4n) is 3.07. The van der Waals surface area contributed by atoms with Gasteiger partial charge >= 0.3 is 0 Å². The topological polar surface area (TPSA) is 27.7 Å². The molecule has 2 unspecified atom stereocenters. The van der Waals surface area contributed by atoms with Crippen LogP contribution in [0.4, 0.5) is 0 Å². The first-order valence-corrected chi connectivity index (χ1v) is 6.92. The van der Waals surface area contributed by atoms with Gasteiger partial charge in [0.05, 0.1) is 19.8 Å². The molecule has 3 heteroatoms. The summed E-state index contributed by atoms with van der Waals surface area (Å²) in [4.78, 5) is 0. The molecule has 17 heavy (non-hydrogen) atoms. The number of methoxy groups -OCH3 is 1. The third-order valence-electron chi connectivity index (χ3n) is 4.89. The number of ether oxygens (including phenoxy) is 3. The quantitative estimate of drug-likeness (QED) is 0.687. The first-order valence-electron chi connectivity index (χ1n) is 6.92. The van der Waals surface area contributed by atoms with E-state index in [1.165, 1.54) is 25.7 Å². The normalized spacial score (nSPS) is 35.1. The summed E-state index contributed by atoms with van der Waals surface area (Å²) in [7, 11) is 1.75. The van der Waals surface area contributed by atoms with Gasteiger partial charge in [-0.15, -0.1) is 0 Å². The van der Waals surface area contributed by atoms with E-state index in [0.717, 1.165) is 26.2 Å². The van der Waals surface area contributed by atoms with Crippen LogP contribution in [0.5, 0.6) is 0 Å². The average Bonchev–Trinajstić information content (AvgIpc) is 2.27. The van der Waals surface area contributed by atoms with Crippen LogP contribution in [0.3, 0.4) is 0 Å². The predicted molar refractivity (Wildman–Crippen MR) is 66.9 cm³/mol. The third kappa shape index (κ3) is 2.38. The van der Waals surface area contributed by atoms with Crippen LogP contribution in [0.1, 0.15) is 46.0 Å². The van der Waals surface area contributed by atoms with Crippen molar-refractivity contribution in [3.05, 3.63) is 0 Å². The maximum Gasteiger partial charge on any atom is 0.164 e. The van der Waals surface area contributed by atoms with Crippen molar-refractivity contribution in [1.29, 1.82) is 0 Å². The molecule has 0 bridgehead atoms. The van der Waals surface area contributed by atoms with Crippen molar-refractivity contribution in [2.45, 2.75) is 52.2 Å². The molecule has 0 amide bonds. The highest BCUT2D eigenvalue weighted by Crippen LogP contribution is 2.45. The molecule has 2 aliphatic rings. The fraction of sp³-hybridized carbons (Fsp3) is 1.00. The molecule has 0 aromatic carbocycles. The molecule has 0 aromatic rings. The lowest BCUT2D eigenvalue weighted by molar-refractivity contribution is -0.304. The summed E-state index contributed by atoms with van der Waals surface area (Å²) in [5.74, 6) is 0. The van der Waals surface area contributed by atoms with Crippen LogP contribution in [-0.2, 0) is 14.2 Å². The zero-order valence-corrected chi connectivity index (χ0v) is 11.5. The highest BCUT2D eigenvalue weighted by Gasteiger charge is 2.47. The second-order valence-corrected chi connectivity index (χ2v) is 5.79. The maximum absolute atomic E-state index is 5.49. The van der Waals surface area contributed by atoms with Crippen LogP contribution in [0.2, 0.25) is 0 Å². The van der Waals surface area contributed by atoms with Crippen molar-refractivity contribution >= 4 is 0 Å². The van der Waals surface area contributed by atoms with Crippen LogP contribution in [0.15, 0.2) is 0 Å². The molecule has 100 valence electrons. The Hall–Kier alpha value is -0.120. The highest BCUT2D eigenvalue weighted by atomic mass is 16.7. The Bertz CT molecular complexity index is 238. The van der Waals surface area contributed by atoms with Crippen molar-refractivity contribution in [2.24, 2.45) is 10.8 Å². The molecule has 0 spiro atoms. The van der Waals surface area contributed by atoms with E-state index in [-0.39, 0.29) is 11.7 Å². The van der Waals surface area contributed by atoms with Gasteiger partial charge in [-0.25, -0.2) is 0 Å². The average molecular weight is 242 g/mol. The molecule has 0 N–H and O–H groups in total. The number of rotatable bonds is 7. The lowest BCUT2D eigenvalue weighted by atomic mass is 9.72. The Balaban J connectivity index is 1.77. The van der Waals surface area contributed by atoms with E-state index in [1.807, 2.05) is 0 Å². The van der Waals surface area contributed by atoms with E-state index in [0.29, 0.717) is 5.41 Å². The van der Waals surface area contributed by atoms with Crippen molar-refractivity contribution in [3.8, 4) is 0 Å². The van der Waals surface area contributed by atoms with Crippen molar-refractivity contribution in [3.63, 3.8) is 0 Å². The van der Waals surface area contributed by atoms with Crippen molar-refractivity contribution in [2.75, 3.05) is 26.9 Å². The van der Waals surface area contributed by atoms with E-state index >= 15 is 0 Å². The summed E-state index contributed by atoms with van der Waals surface area (Å²) in [6, 6.07) is 0. The molecule has 0 radical (unpaired) electrons. The summed E-state index contributed by atoms with van der Waals surface area (Å²) < 4.78 is 16.3. The smallest absolute Gasteiger partial charge is 0.164 e. The highest BCUT2D eigenvalue weighted by molar-refractivity contribution is 4.91. The van der Waals surface area contributed by atoms with E-state index in [9.17, 15) is 0 Å². The van der Waals surface area contributed by atoms with Gasteiger partial charge in [0, 0.05) is 17.9 Å². The fourth-order valence-corrected chi connectivity index (χ4v) is 3.07. The van der Waals surface area contributed by atoms with Crippen LogP contribution in [-0.4, -0.2) is 33.2 Å². The molecule has 0 saturated carbocycles. The van der Waals surface area contributed by atoms with Gasteiger partial charge in [0.1, 0.15) is 0 Å². The largest absolute Gasteiger partial charge is 0.380 e. The summed E-state index contributed by atoms with van der Waals surface area (Å²) in [6.07, 6.45) is 6.22. The molecule has 2 atom stereocenters. The first kappa shape index (κ1) is 13.3. The molecular formula is C14H26O3. The van der Waals surface area contributed by atoms with Gasteiger partial charge in [-0.3, -0.25) is 0 Å². The molecule has 2 aliphatic heterocycles. The maximum atomic E-state index is 5.49. The van der Waals surface area contributed by atoms with Crippen LogP contribution in [0.25, 0.3) is 0 Å². The second kappa shape index (κ2) is 5.25. The van der Waals surface area contributed by atoms with Gasteiger partial charge < -0.3 is 14.2 Å². The standard InChI is InChI=1S/C14H26O3/c1-4-13(9-16-10-13)7-6-8-14(5-2)11-17-12(14)15-3/h12H,4-11H2,1-3H3. The zero-order chi connectivity index (χ0) is 12.4. The molecule has 2 saturated heterocycles. The summed E-state index contributed by atoms with van der Waals surface area (Å²) in [6.45, 7) is 7.33. The van der Waals surface area contributed by atoms with E-state index < -0.39 is 0 Å². The number of hydrogen-bond acceptors (Lipinski definition) is 3. The minimum Gasteiger partial charge on any atom is -0.380 e. The van der Waals surface area contributed by atoms with E-state index in [1.54, 1.807) is 7.11 Å². The Morgan fingerprint density at radius 3 is 2.24 bits per heavy atom. The minimum absolute atomic E-state index is 0.0303. The number of hydrogen-bond donors (Lipinski definition) is 0. The molecular weight excluding hydrogens is 216 g/mol. The Labute approximate surface area is 105 Å².